The van der Waals surface area contributed by atoms with Gasteiger partial charge in [0.1, 0.15) is 11.6 Å². The van der Waals surface area contributed by atoms with Gasteiger partial charge < -0.3 is 30.2 Å². The standard InChI is InChI=1S/C25H31N7O/c1-17-6-7-21-18(14-17)9-11-32(21)24-8-10-27-25(29-24)28-20-15-19(26)22(16-23(20)33-5)31(4)13-12-30(2)3/h6-11,14-16H,12-13,26H2,1-5H3,(H,27,28,29). The maximum Gasteiger partial charge on any atom is 0.229 e. The van der Waals surface area contributed by atoms with Crippen LogP contribution in [0.25, 0.3) is 16.7 Å². The molecule has 3 N–H and O–H groups in total. The molecule has 0 aliphatic rings. The maximum absolute atomic E-state index is 6.39. The molecule has 0 aliphatic heterocycles. The van der Waals surface area contributed by atoms with Crippen LogP contribution in [0.3, 0.4) is 0 Å². The summed E-state index contributed by atoms with van der Waals surface area (Å²) in [5.41, 5.74) is 11.0. The van der Waals surface area contributed by atoms with E-state index in [1.54, 1.807) is 13.3 Å². The topological polar surface area (TPSA) is 84.5 Å². The number of aromatic nitrogens is 3. The average molecular weight is 446 g/mol. The fourth-order valence-corrected chi connectivity index (χ4v) is 3.78. The van der Waals surface area contributed by atoms with Crippen LogP contribution >= 0.6 is 0 Å². The molecule has 0 atom stereocenters. The Kier molecular flexibility index (Phi) is 6.37. The molecular weight excluding hydrogens is 414 g/mol. The number of nitrogens with one attached hydrogen (secondary N) is 1. The summed E-state index contributed by atoms with van der Waals surface area (Å²) in [5.74, 6) is 1.91. The molecule has 172 valence electrons. The highest BCUT2D eigenvalue weighted by Gasteiger charge is 2.14. The molecule has 4 aromatic rings. The summed E-state index contributed by atoms with van der Waals surface area (Å²) >= 11 is 0. The van der Waals surface area contributed by atoms with Crippen molar-refractivity contribution in [3.63, 3.8) is 0 Å². The number of likely N-dealkylation sites (N-methyl/N-ethyl adjacent to an activating group) is 2. The fourth-order valence-electron chi connectivity index (χ4n) is 3.78. The zero-order chi connectivity index (χ0) is 23.5. The summed E-state index contributed by atoms with van der Waals surface area (Å²) in [6, 6.07) is 14.2. The van der Waals surface area contributed by atoms with Gasteiger partial charge in [-0.15, -0.1) is 0 Å². The van der Waals surface area contributed by atoms with Gasteiger partial charge in [0.05, 0.1) is 29.7 Å². The molecule has 2 heterocycles. The maximum atomic E-state index is 6.39. The van der Waals surface area contributed by atoms with Crippen molar-refractivity contribution in [1.82, 2.24) is 19.4 Å². The monoisotopic (exact) mass is 445 g/mol. The minimum absolute atomic E-state index is 0.466. The van der Waals surface area contributed by atoms with Crippen molar-refractivity contribution in [3.05, 3.63) is 60.4 Å². The fraction of sp³-hybridized carbons (Fsp3) is 0.280. The van der Waals surface area contributed by atoms with Crippen LogP contribution in [0.1, 0.15) is 5.56 Å². The lowest BCUT2D eigenvalue weighted by molar-refractivity contribution is 0.413. The highest BCUT2D eigenvalue weighted by Crippen LogP contribution is 2.36. The molecule has 0 unspecified atom stereocenters. The Balaban J connectivity index is 1.62. The molecule has 4 rings (SSSR count). The molecule has 0 fully saturated rings. The van der Waals surface area contributed by atoms with E-state index in [1.165, 1.54) is 10.9 Å². The van der Waals surface area contributed by atoms with Gasteiger partial charge in [-0.2, -0.15) is 4.98 Å². The van der Waals surface area contributed by atoms with E-state index in [0.717, 1.165) is 30.1 Å². The summed E-state index contributed by atoms with van der Waals surface area (Å²) in [6.45, 7) is 3.86. The minimum atomic E-state index is 0.466. The molecule has 2 aromatic heterocycles. The lowest BCUT2D eigenvalue weighted by atomic mass is 10.2. The summed E-state index contributed by atoms with van der Waals surface area (Å²) in [6.07, 6.45) is 3.76. The van der Waals surface area contributed by atoms with Crippen LogP contribution < -0.4 is 20.7 Å². The molecule has 8 nitrogen and oxygen atoms in total. The van der Waals surface area contributed by atoms with E-state index >= 15 is 0 Å². The molecule has 8 heteroatoms. The number of rotatable bonds is 8. The smallest absolute Gasteiger partial charge is 0.229 e. The second kappa shape index (κ2) is 9.38. The van der Waals surface area contributed by atoms with E-state index in [-0.39, 0.29) is 0 Å². The van der Waals surface area contributed by atoms with E-state index in [0.29, 0.717) is 23.1 Å². The largest absolute Gasteiger partial charge is 0.494 e. The predicted molar refractivity (Wildman–Crippen MR) is 136 cm³/mol. The third-order valence-electron chi connectivity index (χ3n) is 5.62. The number of anilines is 4. The Bertz CT molecular complexity index is 1270. The number of nitrogens with zero attached hydrogens (tertiary/aromatic N) is 5. The Morgan fingerprint density at radius 1 is 1.06 bits per heavy atom. The van der Waals surface area contributed by atoms with Crippen LogP contribution in [0.4, 0.5) is 23.0 Å². The Hall–Kier alpha value is -3.78. The van der Waals surface area contributed by atoms with Crippen molar-refractivity contribution < 1.29 is 4.74 Å². The van der Waals surface area contributed by atoms with Gasteiger partial charge in [-0.3, -0.25) is 0 Å². The van der Waals surface area contributed by atoms with E-state index in [9.17, 15) is 0 Å². The summed E-state index contributed by atoms with van der Waals surface area (Å²) in [4.78, 5) is 13.4. The Labute approximate surface area is 194 Å². The number of hydrogen-bond acceptors (Lipinski definition) is 7. The van der Waals surface area contributed by atoms with Crippen LogP contribution in [0.2, 0.25) is 0 Å². The molecule has 0 saturated heterocycles. The number of benzene rings is 2. The zero-order valence-electron chi connectivity index (χ0n) is 19.8. The Morgan fingerprint density at radius 2 is 1.88 bits per heavy atom. The van der Waals surface area contributed by atoms with Gasteiger partial charge in [0.2, 0.25) is 5.95 Å². The van der Waals surface area contributed by atoms with Crippen molar-refractivity contribution in [2.75, 3.05) is 57.3 Å². The second-order valence-corrected chi connectivity index (χ2v) is 8.45. The lowest BCUT2D eigenvalue weighted by Crippen LogP contribution is -2.29. The molecule has 0 spiro atoms. The van der Waals surface area contributed by atoms with Crippen molar-refractivity contribution in [2.45, 2.75) is 6.92 Å². The number of ether oxygens (including phenoxy) is 1. The van der Waals surface area contributed by atoms with E-state index in [4.69, 9.17) is 15.5 Å². The van der Waals surface area contributed by atoms with Gasteiger partial charge in [-0.05, 0) is 51.4 Å². The van der Waals surface area contributed by atoms with E-state index < -0.39 is 0 Å². The van der Waals surface area contributed by atoms with Gasteiger partial charge in [0, 0.05) is 44.0 Å². The van der Waals surface area contributed by atoms with Crippen LogP contribution in [-0.2, 0) is 0 Å². The van der Waals surface area contributed by atoms with Crippen molar-refractivity contribution in [1.29, 1.82) is 0 Å². The minimum Gasteiger partial charge on any atom is -0.494 e. The average Bonchev–Trinajstić information content (AvgIpc) is 3.21. The lowest BCUT2D eigenvalue weighted by Gasteiger charge is -2.24. The number of methoxy groups -OCH3 is 1. The van der Waals surface area contributed by atoms with Crippen molar-refractivity contribution in [2.24, 2.45) is 0 Å². The van der Waals surface area contributed by atoms with Gasteiger partial charge in [0.15, 0.2) is 0 Å². The SMILES string of the molecule is COc1cc(N(C)CCN(C)C)c(N)cc1Nc1nccc(-n2ccc3cc(C)ccc32)n1. The van der Waals surface area contributed by atoms with E-state index in [2.05, 4.69) is 70.0 Å². The summed E-state index contributed by atoms with van der Waals surface area (Å²) in [5, 5.41) is 4.45. The van der Waals surface area contributed by atoms with E-state index in [1.807, 2.05) is 31.4 Å². The number of fused-ring (bicyclic) bond motifs is 1. The number of nitrogen functional groups attached to an aromatic ring is 1. The molecule has 0 saturated carbocycles. The second-order valence-electron chi connectivity index (χ2n) is 8.45. The zero-order valence-corrected chi connectivity index (χ0v) is 19.8. The van der Waals surface area contributed by atoms with Crippen molar-refractivity contribution >= 4 is 33.9 Å². The molecule has 33 heavy (non-hydrogen) atoms. The third-order valence-corrected chi connectivity index (χ3v) is 5.62. The number of aryl methyl sites for hydroxylation is 1. The quantitative estimate of drug-likeness (QED) is 0.396. The number of hydrogen-bond donors (Lipinski definition) is 2. The van der Waals surface area contributed by atoms with Crippen LogP contribution in [0.5, 0.6) is 5.75 Å². The molecule has 0 bridgehead atoms. The Morgan fingerprint density at radius 3 is 2.64 bits per heavy atom. The van der Waals surface area contributed by atoms with Crippen LogP contribution in [0.15, 0.2) is 54.9 Å². The van der Waals surface area contributed by atoms with Gasteiger partial charge in [0.25, 0.3) is 0 Å². The molecule has 0 radical (unpaired) electrons. The van der Waals surface area contributed by atoms with Gasteiger partial charge >= 0.3 is 0 Å². The van der Waals surface area contributed by atoms with Gasteiger partial charge in [-0.25, -0.2) is 4.98 Å². The summed E-state index contributed by atoms with van der Waals surface area (Å²) < 4.78 is 7.70. The normalized spacial score (nSPS) is 11.2. The first-order valence-corrected chi connectivity index (χ1v) is 10.9. The van der Waals surface area contributed by atoms with Crippen LogP contribution in [0, 0.1) is 6.92 Å². The highest BCUT2D eigenvalue weighted by molar-refractivity contribution is 5.82. The molecule has 2 aromatic carbocycles. The third kappa shape index (κ3) is 4.85. The first kappa shape index (κ1) is 22.4. The highest BCUT2D eigenvalue weighted by atomic mass is 16.5. The van der Waals surface area contributed by atoms with Gasteiger partial charge in [-0.1, -0.05) is 11.6 Å². The van der Waals surface area contributed by atoms with Crippen molar-refractivity contribution in [3.8, 4) is 11.6 Å². The number of nitrogens with two attached hydrogens (primary N) is 1. The molecule has 0 amide bonds. The predicted octanol–water partition coefficient (Wildman–Crippen LogP) is 4.06. The first-order chi connectivity index (χ1) is 15.9. The summed E-state index contributed by atoms with van der Waals surface area (Å²) in [7, 11) is 7.77. The van der Waals surface area contributed by atoms with Crippen LogP contribution in [-0.4, -0.2) is 60.8 Å². The first-order valence-electron chi connectivity index (χ1n) is 10.9. The molecular formula is C25H31N7O. The molecule has 0 aliphatic carbocycles.